The summed E-state index contributed by atoms with van der Waals surface area (Å²) in [6.07, 6.45) is 7.92. The maximum absolute atomic E-state index is 14.9. The Kier molecular flexibility index (Phi) is 8.07. The van der Waals surface area contributed by atoms with Crippen LogP contribution < -0.4 is 16.0 Å². The molecule has 1 aliphatic heterocycles. The molecule has 3 rings (SSSR count). The van der Waals surface area contributed by atoms with Crippen LogP contribution in [0.2, 0.25) is 0 Å². The van der Waals surface area contributed by atoms with Crippen LogP contribution in [0.1, 0.15) is 46.1 Å². The van der Waals surface area contributed by atoms with Crippen LogP contribution in [-0.2, 0) is 0 Å². The smallest absolute Gasteiger partial charge is 0.168 e. The predicted octanol–water partition coefficient (Wildman–Crippen LogP) is 5.48. The third-order valence-corrected chi connectivity index (χ3v) is 6.88. The molecule has 1 aromatic carbocycles. The van der Waals surface area contributed by atoms with Gasteiger partial charge in [-0.3, -0.25) is 9.75 Å². The first-order valence-electron chi connectivity index (χ1n) is 10.6. The van der Waals surface area contributed by atoms with E-state index in [9.17, 15) is 8.78 Å². The van der Waals surface area contributed by atoms with Gasteiger partial charge in [0.1, 0.15) is 5.82 Å². The topological polar surface area (TPSA) is 79.4 Å². The highest BCUT2D eigenvalue weighted by atomic mass is 127. The second-order valence-corrected chi connectivity index (χ2v) is 11.5. The van der Waals surface area contributed by atoms with Gasteiger partial charge in [-0.15, -0.1) is 0 Å². The molecule has 0 amide bonds. The van der Waals surface area contributed by atoms with Crippen molar-refractivity contribution in [2.45, 2.75) is 57.7 Å². The zero-order valence-electron chi connectivity index (χ0n) is 19.5. The summed E-state index contributed by atoms with van der Waals surface area (Å²) in [7, 11) is 2.00. The van der Waals surface area contributed by atoms with Crippen molar-refractivity contribution in [3.8, 4) is 11.3 Å². The van der Waals surface area contributed by atoms with E-state index >= 15 is 0 Å². The molecular formula is C23H30F2IN6P. The number of piperidine rings is 1. The molecule has 1 fully saturated rings. The Hall–Kier alpha value is -1.71. The van der Waals surface area contributed by atoms with Crippen molar-refractivity contribution < 1.29 is 8.78 Å². The Balaban J connectivity index is 1.86. The quantitative estimate of drug-likeness (QED) is 0.266. The SMILES string of the molecule is CN(c1cnc(-c2ccc(C(C=NPI)=CN)c(F)c2F)cn1)C1CC(C)(C)NC(C)(C)C1. The Bertz CT molecular complexity index is 1040. The minimum absolute atomic E-state index is 0.00483. The lowest BCUT2D eigenvalue weighted by Crippen LogP contribution is -2.62. The fraction of sp³-hybridized carbons (Fsp3) is 0.435. The monoisotopic (exact) mass is 586 g/mol. The molecule has 2 aromatic rings. The second kappa shape index (κ2) is 10.3. The van der Waals surface area contributed by atoms with Gasteiger partial charge >= 0.3 is 0 Å². The molecule has 10 heteroatoms. The zero-order chi connectivity index (χ0) is 24.4. The number of benzene rings is 1. The number of nitrogens with zero attached hydrogens (tertiary/aromatic N) is 4. The van der Waals surface area contributed by atoms with Crippen molar-refractivity contribution in [1.82, 2.24) is 15.3 Å². The van der Waals surface area contributed by atoms with Gasteiger partial charge in [0.05, 0.1) is 24.5 Å². The molecule has 1 unspecified atom stereocenters. The summed E-state index contributed by atoms with van der Waals surface area (Å²) >= 11 is 2.08. The minimum Gasteiger partial charge on any atom is -0.404 e. The van der Waals surface area contributed by atoms with Crippen LogP contribution >= 0.6 is 28.4 Å². The number of allylic oxidation sites excluding steroid dienone is 1. The maximum Gasteiger partial charge on any atom is 0.168 e. The number of halogens is 3. The highest BCUT2D eigenvalue weighted by molar-refractivity contribution is 14.2. The van der Waals surface area contributed by atoms with Gasteiger partial charge in [0.15, 0.2) is 11.6 Å². The summed E-state index contributed by atoms with van der Waals surface area (Å²) in [4.78, 5) is 11.0. The van der Waals surface area contributed by atoms with Crippen LogP contribution in [0.3, 0.4) is 0 Å². The summed E-state index contributed by atoms with van der Waals surface area (Å²) in [6.45, 7) is 8.79. The Morgan fingerprint density at radius 1 is 1.18 bits per heavy atom. The summed E-state index contributed by atoms with van der Waals surface area (Å²) in [5.41, 5.74) is 6.26. The van der Waals surface area contributed by atoms with E-state index in [1.54, 1.807) is 6.20 Å². The summed E-state index contributed by atoms with van der Waals surface area (Å²) in [5.74, 6) is -1.29. The summed E-state index contributed by atoms with van der Waals surface area (Å²) in [6, 6.07) is 3.24. The third-order valence-electron chi connectivity index (χ3n) is 5.82. The van der Waals surface area contributed by atoms with Crippen molar-refractivity contribution in [3.05, 3.63) is 47.9 Å². The number of rotatable bonds is 6. The molecule has 0 saturated carbocycles. The molecule has 1 atom stereocenters. The van der Waals surface area contributed by atoms with Gasteiger partial charge in [-0.25, -0.2) is 13.8 Å². The molecule has 178 valence electrons. The van der Waals surface area contributed by atoms with Crippen LogP contribution in [-0.4, -0.2) is 40.3 Å². The number of anilines is 1. The van der Waals surface area contributed by atoms with E-state index in [4.69, 9.17) is 5.73 Å². The molecule has 1 aliphatic rings. The lowest BCUT2D eigenvalue weighted by atomic mass is 9.79. The molecular weight excluding hydrogens is 556 g/mol. The van der Waals surface area contributed by atoms with E-state index in [1.165, 1.54) is 30.7 Å². The van der Waals surface area contributed by atoms with Crippen LogP contribution in [0.25, 0.3) is 16.8 Å². The zero-order valence-corrected chi connectivity index (χ0v) is 22.6. The highest BCUT2D eigenvalue weighted by Gasteiger charge is 2.39. The largest absolute Gasteiger partial charge is 0.404 e. The number of nitrogens with two attached hydrogens (primary N) is 1. The van der Waals surface area contributed by atoms with Crippen molar-refractivity contribution in [1.29, 1.82) is 0 Å². The first kappa shape index (κ1) is 25.9. The molecule has 0 spiro atoms. The van der Waals surface area contributed by atoms with E-state index in [-0.39, 0.29) is 40.3 Å². The fourth-order valence-electron chi connectivity index (χ4n) is 4.64. The first-order valence-corrected chi connectivity index (χ1v) is 14.7. The van der Waals surface area contributed by atoms with E-state index in [1.807, 2.05) is 7.05 Å². The van der Waals surface area contributed by atoms with Crippen molar-refractivity contribution in [2.24, 2.45) is 10.5 Å². The average molecular weight is 586 g/mol. The molecule has 2 heterocycles. The van der Waals surface area contributed by atoms with E-state index < -0.39 is 11.6 Å². The van der Waals surface area contributed by atoms with Gasteiger partial charge in [0.2, 0.25) is 0 Å². The molecule has 1 aromatic heterocycles. The minimum atomic E-state index is -0.991. The second-order valence-electron chi connectivity index (χ2n) is 9.58. The highest BCUT2D eigenvalue weighted by Crippen LogP contribution is 2.33. The Morgan fingerprint density at radius 3 is 2.39 bits per heavy atom. The van der Waals surface area contributed by atoms with Gasteiger partial charge in [0.25, 0.3) is 0 Å². The van der Waals surface area contributed by atoms with Gasteiger partial charge in [-0.05, 0) is 68.6 Å². The van der Waals surface area contributed by atoms with Gasteiger partial charge < -0.3 is 16.0 Å². The molecule has 0 bridgehead atoms. The lowest BCUT2D eigenvalue weighted by Gasteiger charge is -2.49. The van der Waals surface area contributed by atoms with Crippen molar-refractivity contribution >= 4 is 46.0 Å². The number of aromatic nitrogens is 2. The Labute approximate surface area is 208 Å². The van der Waals surface area contributed by atoms with Crippen LogP contribution in [0, 0.1) is 11.6 Å². The van der Waals surface area contributed by atoms with Crippen molar-refractivity contribution in [3.63, 3.8) is 0 Å². The van der Waals surface area contributed by atoms with Gasteiger partial charge in [0, 0.05) is 53.3 Å². The Morgan fingerprint density at radius 2 is 1.85 bits per heavy atom. The van der Waals surface area contributed by atoms with Gasteiger partial charge in [-0.1, -0.05) is 6.07 Å². The molecule has 0 radical (unpaired) electrons. The van der Waals surface area contributed by atoms with Crippen molar-refractivity contribution in [2.75, 3.05) is 11.9 Å². The van der Waals surface area contributed by atoms with E-state index in [0.717, 1.165) is 12.8 Å². The summed E-state index contributed by atoms with van der Waals surface area (Å²) in [5, 5.41) is 3.68. The fourth-order valence-corrected chi connectivity index (χ4v) is 5.24. The third kappa shape index (κ3) is 6.05. The number of nitrogens with one attached hydrogen (secondary N) is 1. The normalized spacial score (nSPS) is 19.0. The van der Waals surface area contributed by atoms with E-state index in [2.05, 4.69) is 74.7 Å². The first-order chi connectivity index (χ1) is 15.5. The molecule has 33 heavy (non-hydrogen) atoms. The standard InChI is InChI=1S/C23H30F2IN6P/c1-22(2)8-15(9-23(3,4)31-22)32(5)19-13-28-18(12-29-19)17-7-6-16(20(24)21(17)25)14(10-27)11-30-33-26/h6-7,10-13,15,31,33H,8-9,27H2,1-5H3. The van der Waals surface area contributed by atoms with Crippen LogP contribution in [0.4, 0.5) is 14.6 Å². The van der Waals surface area contributed by atoms with Gasteiger partial charge in [-0.2, -0.15) is 0 Å². The van der Waals surface area contributed by atoms with E-state index in [0.29, 0.717) is 11.4 Å². The summed E-state index contributed by atoms with van der Waals surface area (Å²) < 4.78 is 33.8. The van der Waals surface area contributed by atoms with Crippen LogP contribution in [0.15, 0.2) is 35.5 Å². The van der Waals surface area contributed by atoms with Crippen LogP contribution in [0.5, 0.6) is 0 Å². The lowest BCUT2D eigenvalue weighted by molar-refractivity contribution is 0.160. The average Bonchev–Trinajstić information content (AvgIpc) is 2.74. The number of hydrogen-bond acceptors (Lipinski definition) is 6. The maximum atomic E-state index is 14.9. The molecule has 1 saturated heterocycles. The molecule has 0 aliphatic carbocycles. The number of hydrogen-bond donors (Lipinski definition) is 2. The predicted molar refractivity (Wildman–Crippen MR) is 143 cm³/mol. The molecule has 6 nitrogen and oxygen atoms in total. The molecule has 3 N–H and O–H groups in total.